The number of aliphatic hydroxyl groups excluding tert-OH is 1. The number of hydrogen-bond acceptors (Lipinski definition) is 3. The number of aliphatic hydroxyl groups is 1. The monoisotopic (exact) mass is 273 g/mol. The number of benzene rings is 1. The van der Waals surface area contributed by atoms with E-state index in [1.807, 2.05) is 41.7 Å². The molecule has 2 nitrogen and oxygen atoms in total. The van der Waals surface area contributed by atoms with Gasteiger partial charge in [0.2, 0.25) is 0 Å². The second-order valence-corrected chi connectivity index (χ2v) is 6.32. The van der Waals surface area contributed by atoms with Gasteiger partial charge in [-0.05, 0) is 37.7 Å². The lowest BCUT2D eigenvalue weighted by Gasteiger charge is -2.09. The Morgan fingerprint density at radius 1 is 1.16 bits per heavy atom. The molecule has 19 heavy (non-hydrogen) atoms. The summed E-state index contributed by atoms with van der Waals surface area (Å²) in [5.74, 6) is 0. The van der Waals surface area contributed by atoms with E-state index in [1.54, 1.807) is 0 Å². The average Bonchev–Trinajstić information content (AvgIpc) is 2.88. The Hall–Kier alpha value is -1.19. The standard InChI is InChI=1S/C16H19NOS/c18-14(12-6-2-1-3-7-12)10-11-16-17-13-8-4-5-9-15(13)19-16/h1-3,6-7,14,18H,4-5,8-11H2. The van der Waals surface area contributed by atoms with Gasteiger partial charge in [-0.3, -0.25) is 0 Å². The van der Waals surface area contributed by atoms with Crippen LogP contribution in [0.3, 0.4) is 0 Å². The van der Waals surface area contributed by atoms with Crippen LogP contribution in [0.25, 0.3) is 0 Å². The molecule has 0 saturated heterocycles. The van der Waals surface area contributed by atoms with Gasteiger partial charge >= 0.3 is 0 Å². The zero-order valence-electron chi connectivity index (χ0n) is 11.0. The molecule has 1 aliphatic rings. The van der Waals surface area contributed by atoms with Crippen molar-refractivity contribution < 1.29 is 5.11 Å². The van der Waals surface area contributed by atoms with Gasteiger partial charge in [-0.25, -0.2) is 4.98 Å². The first kappa shape index (κ1) is 12.8. The first-order chi connectivity index (χ1) is 9.33. The second kappa shape index (κ2) is 5.85. The van der Waals surface area contributed by atoms with E-state index >= 15 is 0 Å². The number of aryl methyl sites for hydroxylation is 3. The van der Waals surface area contributed by atoms with Crippen molar-refractivity contribution in [1.29, 1.82) is 0 Å². The highest BCUT2D eigenvalue weighted by atomic mass is 32.1. The molecule has 1 aromatic heterocycles. The number of thiazole rings is 1. The minimum atomic E-state index is -0.373. The lowest BCUT2D eigenvalue weighted by molar-refractivity contribution is 0.168. The van der Waals surface area contributed by atoms with Crippen molar-refractivity contribution in [3.05, 3.63) is 51.5 Å². The molecule has 1 heterocycles. The van der Waals surface area contributed by atoms with E-state index in [1.165, 1.54) is 34.8 Å². The average molecular weight is 273 g/mol. The molecule has 1 aliphatic carbocycles. The van der Waals surface area contributed by atoms with Gasteiger partial charge in [-0.15, -0.1) is 11.3 Å². The zero-order valence-corrected chi connectivity index (χ0v) is 11.8. The minimum Gasteiger partial charge on any atom is -0.388 e. The molecule has 100 valence electrons. The lowest BCUT2D eigenvalue weighted by atomic mass is 10.0. The van der Waals surface area contributed by atoms with Crippen LogP contribution in [0.4, 0.5) is 0 Å². The van der Waals surface area contributed by atoms with E-state index in [0.29, 0.717) is 0 Å². The smallest absolute Gasteiger partial charge is 0.0932 e. The number of aromatic nitrogens is 1. The molecule has 2 aromatic rings. The van der Waals surface area contributed by atoms with Crippen LogP contribution < -0.4 is 0 Å². The van der Waals surface area contributed by atoms with Gasteiger partial charge in [0.1, 0.15) is 0 Å². The maximum atomic E-state index is 10.2. The molecule has 0 spiro atoms. The fraction of sp³-hybridized carbons (Fsp3) is 0.438. The quantitative estimate of drug-likeness (QED) is 0.921. The molecule has 0 fully saturated rings. The van der Waals surface area contributed by atoms with Gasteiger partial charge in [0, 0.05) is 11.3 Å². The molecule has 0 aliphatic heterocycles. The summed E-state index contributed by atoms with van der Waals surface area (Å²) in [5, 5.41) is 11.4. The Morgan fingerprint density at radius 2 is 1.95 bits per heavy atom. The minimum absolute atomic E-state index is 0.373. The molecule has 1 atom stereocenters. The molecule has 3 heteroatoms. The van der Waals surface area contributed by atoms with Crippen molar-refractivity contribution in [2.75, 3.05) is 0 Å². The van der Waals surface area contributed by atoms with E-state index in [4.69, 9.17) is 4.98 Å². The van der Waals surface area contributed by atoms with Crippen LogP contribution in [0, 0.1) is 0 Å². The molecule has 1 N–H and O–H groups in total. The summed E-state index contributed by atoms with van der Waals surface area (Å²) in [7, 11) is 0. The predicted molar refractivity (Wildman–Crippen MR) is 78.5 cm³/mol. The van der Waals surface area contributed by atoms with Crippen molar-refractivity contribution in [3.8, 4) is 0 Å². The summed E-state index contributed by atoms with van der Waals surface area (Å²) >= 11 is 1.85. The molecule has 3 rings (SSSR count). The van der Waals surface area contributed by atoms with Crippen LogP contribution in [-0.2, 0) is 19.3 Å². The highest BCUT2D eigenvalue weighted by Gasteiger charge is 2.16. The van der Waals surface area contributed by atoms with Crippen LogP contribution in [0.2, 0.25) is 0 Å². The van der Waals surface area contributed by atoms with Crippen molar-refractivity contribution in [3.63, 3.8) is 0 Å². The largest absolute Gasteiger partial charge is 0.388 e. The summed E-state index contributed by atoms with van der Waals surface area (Å²) in [4.78, 5) is 6.21. The van der Waals surface area contributed by atoms with Crippen LogP contribution in [0.1, 0.15) is 46.5 Å². The molecule has 0 radical (unpaired) electrons. The Labute approximate surface area is 118 Å². The molecular weight excluding hydrogens is 254 g/mol. The maximum absolute atomic E-state index is 10.2. The number of hydrogen-bond donors (Lipinski definition) is 1. The molecule has 0 saturated carbocycles. The summed E-state index contributed by atoms with van der Waals surface area (Å²) in [6, 6.07) is 9.89. The van der Waals surface area contributed by atoms with E-state index < -0.39 is 0 Å². The molecular formula is C16H19NOS. The van der Waals surface area contributed by atoms with Crippen LogP contribution in [-0.4, -0.2) is 10.1 Å². The highest BCUT2D eigenvalue weighted by molar-refractivity contribution is 7.11. The fourth-order valence-corrected chi connectivity index (χ4v) is 3.79. The molecule has 0 bridgehead atoms. The van der Waals surface area contributed by atoms with Crippen molar-refractivity contribution in [2.24, 2.45) is 0 Å². The van der Waals surface area contributed by atoms with Gasteiger partial charge in [0.25, 0.3) is 0 Å². The maximum Gasteiger partial charge on any atom is 0.0932 e. The van der Waals surface area contributed by atoms with Gasteiger partial charge in [0.15, 0.2) is 0 Å². The molecule has 1 unspecified atom stereocenters. The first-order valence-corrected chi connectivity index (χ1v) is 7.85. The predicted octanol–water partition coefficient (Wildman–Crippen LogP) is 3.69. The third kappa shape index (κ3) is 3.04. The summed E-state index contributed by atoms with van der Waals surface area (Å²) in [6.45, 7) is 0. The second-order valence-electron chi connectivity index (χ2n) is 5.15. The van der Waals surface area contributed by atoms with E-state index in [-0.39, 0.29) is 6.10 Å². The van der Waals surface area contributed by atoms with Gasteiger partial charge in [0.05, 0.1) is 16.8 Å². The summed E-state index contributed by atoms with van der Waals surface area (Å²) in [6.07, 6.45) is 6.21. The number of rotatable bonds is 4. The van der Waals surface area contributed by atoms with Crippen molar-refractivity contribution in [1.82, 2.24) is 4.98 Å². The topological polar surface area (TPSA) is 33.1 Å². The van der Waals surface area contributed by atoms with Crippen LogP contribution in [0.5, 0.6) is 0 Å². The number of fused-ring (bicyclic) bond motifs is 1. The summed E-state index contributed by atoms with van der Waals surface area (Å²) < 4.78 is 0. The van der Waals surface area contributed by atoms with Crippen molar-refractivity contribution in [2.45, 2.75) is 44.6 Å². The van der Waals surface area contributed by atoms with E-state index in [0.717, 1.165) is 24.8 Å². The van der Waals surface area contributed by atoms with Crippen molar-refractivity contribution >= 4 is 11.3 Å². The number of nitrogens with zero attached hydrogens (tertiary/aromatic N) is 1. The van der Waals surface area contributed by atoms with Gasteiger partial charge in [-0.1, -0.05) is 30.3 Å². The summed E-state index contributed by atoms with van der Waals surface area (Å²) in [5.41, 5.74) is 2.32. The Kier molecular flexibility index (Phi) is 3.95. The van der Waals surface area contributed by atoms with Crippen LogP contribution >= 0.6 is 11.3 Å². The molecule has 1 aromatic carbocycles. The van der Waals surface area contributed by atoms with E-state index in [9.17, 15) is 5.11 Å². The SMILES string of the molecule is OC(CCc1nc2c(s1)CCCC2)c1ccccc1. The highest BCUT2D eigenvalue weighted by Crippen LogP contribution is 2.28. The third-order valence-electron chi connectivity index (χ3n) is 3.71. The molecule has 0 amide bonds. The van der Waals surface area contributed by atoms with E-state index in [2.05, 4.69) is 0 Å². The Morgan fingerprint density at radius 3 is 2.74 bits per heavy atom. The first-order valence-electron chi connectivity index (χ1n) is 7.03. The lowest BCUT2D eigenvalue weighted by Crippen LogP contribution is -2.00. The normalized spacial score (nSPS) is 16.1. The van der Waals surface area contributed by atoms with Crippen LogP contribution in [0.15, 0.2) is 30.3 Å². The van der Waals surface area contributed by atoms with Gasteiger partial charge in [-0.2, -0.15) is 0 Å². The Bertz CT molecular complexity index is 511. The zero-order chi connectivity index (χ0) is 13.1. The third-order valence-corrected chi connectivity index (χ3v) is 4.92. The van der Waals surface area contributed by atoms with Gasteiger partial charge < -0.3 is 5.11 Å². The fourth-order valence-electron chi connectivity index (χ4n) is 2.61. The Balaban J connectivity index is 1.61.